The van der Waals surface area contributed by atoms with Crippen LogP contribution in [0.1, 0.15) is 0 Å². The SMILES string of the molecule is OCC(CO)(CO)Nc1ncc(F)cn1. The zero-order valence-corrected chi connectivity index (χ0v) is 7.89. The summed E-state index contributed by atoms with van der Waals surface area (Å²) in [5.74, 6) is -0.573. The number of rotatable bonds is 5. The number of hydrogen-bond acceptors (Lipinski definition) is 6. The molecule has 1 heterocycles. The normalized spacial score (nSPS) is 11.5. The van der Waals surface area contributed by atoms with Gasteiger partial charge in [-0.1, -0.05) is 0 Å². The maximum absolute atomic E-state index is 12.5. The van der Waals surface area contributed by atoms with Gasteiger partial charge in [0, 0.05) is 0 Å². The molecule has 84 valence electrons. The Labute approximate surface area is 85.4 Å². The van der Waals surface area contributed by atoms with E-state index in [1.807, 2.05) is 0 Å². The van der Waals surface area contributed by atoms with Crippen molar-refractivity contribution < 1.29 is 19.7 Å². The molecule has 4 N–H and O–H groups in total. The summed E-state index contributed by atoms with van der Waals surface area (Å²) in [6.45, 7) is -1.50. The van der Waals surface area contributed by atoms with Crippen molar-refractivity contribution in [2.75, 3.05) is 25.1 Å². The zero-order chi connectivity index (χ0) is 11.3. The zero-order valence-electron chi connectivity index (χ0n) is 7.89. The van der Waals surface area contributed by atoms with Crippen molar-refractivity contribution in [3.63, 3.8) is 0 Å². The van der Waals surface area contributed by atoms with E-state index >= 15 is 0 Å². The largest absolute Gasteiger partial charge is 0.394 e. The molecule has 0 aliphatic heterocycles. The third-order valence-electron chi connectivity index (χ3n) is 1.91. The van der Waals surface area contributed by atoms with Crippen LogP contribution in [0.5, 0.6) is 0 Å². The molecular formula is C8H12FN3O3. The molecule has 1 rings (SSSR count). The van der Waals surface area contributed by atoms with Crippen LogP contribution in [0.3, 0.4) is 0 Å². The van der Waals surface area contributed by atoms with Crippen LogP contribution >= 0.6 is 0 Å². The van der Waals surface area contributed by atoms with Gasteiger partial charge in [0.1, 0.15) is 5.54 Å². The molecule has 0 aliphatic rings. The minimum Gasteiger partial charge on any atom is -0.394 e. The Morgan fingerprint density at radius 3 is 2.00 bits per heavy atom. The van der Waals surface area contributed by atoms with Gasteiger partial charge in [0.15, 0.2) is 5.82 Å². The number of aliphatic hydroxyl groups excluding tert-OH is 3. The molecule has 0 bridgehead atoms. The Bertz CT molecular complexity index is 294. The Kier molecular flexibility index (Phi) is 3.89. The first-order valence-corrected chi connectivity index (χ1v) is 4.24. The molecule has 15 heavy (non-hydrogen) atoms. The molecule has 0 unspecified atom stereocenters. The minimum absolute atomic E-state index is 0.0218. The smallest absolute Gasteiger partial charge is 0.223 e. The highest BCUT2D eigenvalue weighted by atomic mass is 19.1. The van der Waals surface area contributed by atoms with Crippen LogP contribution in [0.2, 0.25) is 0 Å². The first-order valence-electron chi connectivity index (χ1n) is 4.24. The van der Waals surface area contributed by atoms with Gasteiger partial charge in [-0.05, 0) is 0 Å². The Hall–Kier alpha value is -1.31. The summed E-state index contributed by atoms with van der Waals surface area (Å²) in [5, 5.41) is 29.5. The predicted molar refractivity (Wildman–Crippen MR) is 49.6 cm³/mol. The molecule has 0 saturated heterocycles. The van der Waals surface area contributed by atoms with Crippen molar-refractivity contribution in [1.82, 2.24) is 9.97 Å². The van der Waals surface area contributed by atoms with E-state index in [2.05, 4.69) is 15.3 Å². The Morgan fingerprint density at radius 2 is 1.60 bits per heavy atom. The number of hydrogen-bond donors (Lipinski definition) is 4. The number of halogens is 1. The van der Waals surface area contributed by atoms with Crippen molar-refractivity contribution in [2.45, 2.75) is 5.54 Å². The maximum Gasteiger partial charge on any atom is 0.223 e. The topological polar surface area (TPSA) is 98.5 Å². The summed E-state index contributed by atoms with van der Waals surface area (Å²) in [6.07, 6.45) is 1.87. The van der Waals surface area contributed by atoms with Crippen LogP contribution in [-0.4, -0.2) is 50.6 Å². The van der Waals surface area contributed by atoms with Gasteiger partial charge in [0.05, 0.1) is 32.2 Å². The molecule has 0 fully saturated rings. The molecule has 0 aliphatic carbocycles. The van der Waals surface area contributed by atoms with Gasteiger partial charge in [0.25, 0.3) is 0 Å². The maximum atomic E-state index is 12.5. The van der Waals surface area contributed by atoms with E-state index in [1.54, 1.807) is 0 Å². The fourth-order valence-electron chi connectivity index (χ4n) is 0.883. The van der Waals surface area contributed by atoms with Gasteiger partial charge in [0.2, 0.25) is 5.95 Å². The first kappa shape index (κ1) is 11.8. The van der Waals surface area contributed by atoms with Crippen molar-refractivity contribution >= 4 is 5.95 Å². The third-order valence-corrected chi connectivity index (χ3v) is 1.91. The second-order valence-electron chi connectivity index (χ2n) is 3.10. The molecule has 0 amide bonds. The molecule has 1 aromatic rings. The van der Waals surface area contributed by atoms with E-state index < -0.39 is 31.2 Å². The average molecular weight is 217 g/mol. The number of nitrogens with one attached hydrogen (secondary N) is 1. The molecule has 6 nitrogen and oxygen atoms in total. The minimum atomic E-state index is -1.31. The number of aromatic nitrogens is 2. The highest BCUT2D eigenvalue weighted by Crippen LogP contribution is 2.10. The summed E-state index contributed by atoms with van der Waals surface area (Å²) < 4.78 is 12.5. The average Bonchev–Trinajstić information content (AvgIpc) is 2.29. The van der Waals surface area contributed by atoms with E-state index in [0.29, 0.717) is 0 Å². The highest BCUT2D eigenvalue weighted by Gasteiger charge is 2.28. The fourth-order valence-corrected chi connectivity index (χ4v) is 0.883. The van der Waals surface area contributed by atoms with Crippen LogP contribution in [0, 0.1) is 5.82 Å². The van der Waals surface area contributed by atoms with E-state index in [4.69, 9.17) is 15.3 Å². The molecule has 0 saturated carbocycles. The van der Waals surface area contributed by atoms with Gasteiger partial charge >= 0.3 is 0 Å². The highest BCUT2D eigenvalue weighted by molar-refractivity contribution is 5.28. The molecule has 0 radical (unpaired) electrons. The lowest BCUT2D eigenvalue weighted by molar-refractivity contribution is 0.0828. The van der Waals surface area contributed by atoms with E-state index in [9.17, 15) is 4.39 Å². The third kappa shape index (κ3) is 2.82. The van der Waals surface area contributed by atoms with E-state index in [0.717, 1.165) is 12.4 Å². The Morgan fingerprint density at radius 1 is 1.13 bits per heavy atom. The lowest BCUT2D eigenvalue weighted by atomic mass is 10.0. The quantitative estimate of drug-likeness (QED) is 0.491. The van der Waals surface area contributed by atoms with Gasteiger partial charge in [-0.15, -0.1) is 0 Å². The lowest BCUT2D eigenvalue weighted by Crippen LogP contribution is -2.49. The van der Waals surface area contributed by atoms with Crippen LogP contribution in [0.15, 0.2) is 12.4 Å². The van der Waals surface area contributed by atoms with Gasteiger partial charge in [-0.3, -0.25) is 0 Å². The van der Waals surface area contributed by atoms with Crippen molar-refractivity contribution in [1.29, 1.82) is 0 Å². The molecule has 1 aromatic heterocycles. The predicted octanol–water partition coefficient (Wildman–Crippen LogP) is -1.26. The molecular weight excluding hydrogens is 205 g/mol. The number of aliphatic hydroxyl groups is 3. The van der Waals surface area contributed by atoms with E-state index in [1.165, 1.54) is 0 Å². The van der Waals surface area contributed by atoms with Gasteiger partial charge in [-0.25, -0.2) is 14.4 Å². The molecule has 0 atom stereocenters. The van der Waals surface area contributed by atoms with Crippen LogP contribution in [0.4, 0.5) is 10.3 Å². The van der Waals surface area contributed by atoms with Crippen molar-refractivity contribution in [3.8, 4) is 0 Å². The van der Waals surface area contributed by atoms with Crippen LogP contribution < -0.4 is 5.32 Å². The summed E-state index contributed by atoms with van der Waals surface area (Å²) in [5.41, 5.74) is -1.31. The van der Waals surface area contributed by atoms with E-state index in [-0.39, 0.29) is 5.95 Å². The molecule has 0 aromatic carbocycles. The summed E-state index contributed by atoms with van der Waals surface area (Å²) in [6, 6.07) is 0. The summed E-state index contributed by atoms with van der Waals surface area (Å²) in [4.78, 5) is 7.15. The van der Waals surface area contributed by atoms with Crippen molar-refractivity contribution in [2.24, 2.45) is 0 Å². The summed E-state index contributed by atoms with van der Waals surface area (Å²) in [7, 11) is 0. The second kappa shape index (κ2) is 4.96. The molecule has 0 spiro atoms. The van der Waals surface area contributed by atoms with Crippen molar-refractivity contribution in [3.05, 3.63) is 18.2 Å². The number of nitrogens with zero attached hydrogens (tertiary/aromatic N) is 2. The van der Waals surface area contributed by atoms with Crippen LogP contribution in [0.25, 0.3) is 0 Å². The first-order chi connectivity index (χ1) is 7.15. The monoisotopic (exact) mass is 217 g/mol. The standard InChI is InChI=1S/C8H12FN3O3/c9-6-1-10-7(11-2-6)12-8(3-13,4-14)5-15/h1-2,13-15H,3-5H2,(H,10,11,12). The second-order valence-corrected chi connectivity index (χ2v) is 3.10. The van der Waals surface area contributed by atoms with Gasteiger partial charge < -0.3 is 20.6 Å². The lowest BCUT2D eigenvalue weighted by Gasteiger charge is -2.28. The summed E-state index contributed by atoms with van der Waals surface area (Å²) >= 11 is 0. The Balaban J connectivity index is 2.78. The number of anilines is 1. The fraction of sp³-hybridized carbons (Fsp3) is 0.500. The van der Waals surface area contributed by atoms with Crippen LogP contribution in [-0.2, 0) is 0 Å². The molecule has 7 heteroatoms. The van der Waals surface area contributed by atoms with Gasteiger partial charge in [-0.2, -0.15) is 0 Å².